The van der Waals surface area contributed by atoms with E-state index in [0.717, 1.165) is 19.6 Å². The number of rotatable bonds is 7. The molecule has 1 amide bonds. The molecule has 1 aromatic rings. The Morgan fingerprint density at radius 3 is 2.57 bits per heavy atom. The summed E-state index contributed by atoms with van der Waals surface area (Å²) in [5.74, 6) is 1.33. The van der Waals surface area contributed by atoms with Crippen LogP contribution in [0.5, 0.6) is 0 Å². The minimum Gasteiger partial charge on any atom is -0.352 e. The first-order valence-electron chi connectivity index (χ1n) is 8.75. The van der Waals surface area contributed by atoms with Crippen LogP contribution in [0.15, 0.2) is 24.3 Å². The van der Waals surface area contributed by atoms with Crippen molar-refractivity contribution in [1.82, 2.24) is 15.5 Å². The van der Waals surface area contributed by atoms with E-state index >= 15 is 0 Å². The summed E-state index contributed by atoms with van der Waals surface area (Å²) in [4.78, 5) is 14.4. The van der Waals surface area contributed by atoms with Crippen molar-refractivity contribution in [3.8, 4) is 0 Å². The second-order valence-corrected chi connectivity index (χ2v) is 7.05. The van der Waals surface area contributed by atoms with Crippen molar-refractivity contribution >= 4 is 5.91 Å². The monoisotopic (exact) mass is 317 g/mol. The van der Waals surface area contributed by atoms with Crippen LogP contribution in [0.4, 0.5) is 0 Å². The number of nitrogens with zero attached hydrogens (tertiary/aromatic N) is 1. The first-order chi connectivity index (χ1) is 11.1. The Morgan fingerprint density at radius 2 is 1.91 bits per heavy atom. The summed E-state index contributed by atoms with van der Waals surface area (Å²) < 4.78 is 0. The maximum atomic E-state index is 12.3. The summed E-state index contributed by atoms with van der Waals surface area (Å²) in [6.45, 7) is 5.93. The normalized spacial score (nSPS) is 17.2. The number of amides is 1. The third-order valence-corrected chi connectivity index (χ3v) is 4.78. The lowest BCUT2D eigenvalue weighted by Gasteiger charge is -2.27. The van der Waals surface area contributed by atoms with Crippen LogP contribution in [0.3, 0.4) is 0 Å². The molecule has 4 nitrogen and oxygen atoms in total. The Hall–Kier alpha value is -1.39. The number of hydrogen-bond acceptors (Lipinski definition) is 3. The fourth-order valence-electron chi connectivity index (χ4n) is 3.36. The van der Waals surface area contributed by atoms with Crippen LogP contribution in [0.2, 0.25) is 0 Å². The van der Waals surface area contributed by atoms with Gasteiger partial charge in [0.1, 0.15) is 0 Å². The van der Waals surface area contributed by atoms with Gasteiger partial charge < -0.3 is 15.5 Å². The van der Waals surface area contributed by atoms with Crippen LogP contribution in [0.1, 0.15) is 37.3 Å². The van der Waals surface area contributed by atoms with Crippen molar-refractivity contribution in [2.24, 2.45) is 11.8 Å². The van der Waals surface area contributed by atoms with Gasteiger partial charge in [0.2, 0.25) is 5.91 Å². The fraction of sp³-hybridized carbons (Fsp3) is 0.632. The van der Waals surface area contributed by atoms with Gasteiger partial charge in [-0.3, -0.25) is 4.79 Å². The number of hydrogen-bond donors (Lipinski definition) is 2. The van der Waals surface area contributed by atoms with E-state index in [9.17, 15) is 4.79 Å². The maximum Gasteiger partial charge on any atom is 0.220 e. The molecule has 1 unspecified atom stereocenters. The van der Waals surface area contributed by atoms with Crippen molar-refractivity contribution in [2.75, 3.05) is 27.2 Å². The van der Waals surface area contributed by atoms with Gasteiger partial charge in [-0.05, 0) is 63.0 Å². The lowest BCUT2D eigenvalue weighted by Crippen LogP contribution is -2.33. The summed E-state index contributed by atoms with van der Waals surface area (Å²) in [5.41, 5.74) is 2.49. The Labute approximate surface area is 140 Å². The molecule has 1 aliphatic heterocycles. The second-order valence-electron chi connectivity index (χ2n) is 7.05. The van der Waals surface area contributed by atoms with E-state index in [-0.39, 0.29) is 5.91 Å². The van der Waals surface area contributed by atoms with Crippen LogP contribution in [0, 0.1) is 11.8 Å². The third-order valence-electron chi connectivity index (χ3n) is 4.78. The Bertz CT molecular complexity index is 495. The van der Waals surface area contributed by atoms with E-state index in [4.69, 9.17) is 0 Å². The number of benzene rings is 1. The van der Waals surface area contributed by atoms with E-state index in [2.05, 4.69) is 54.8 Å². The van der Waals surface area contributed by atoms with E-state index < -0.39 is 0 Å². The van der Waals surface area contributed by atoms with Crippen LogP contribution < -0.4 is 10.6 Å². The molecule has 0 aliphatic carbocycles. The van der Waals surface area contributed by atoms with Crippen LogP contribution in [-0.4, -0.2) is 38.0 Å². The van der Waals surface area contributed by atoms with Gasteiger partial charge in [0.25, 0.3) is 0 Å². The van der Waals surface area contributed by atoms with E-state index in [0.29, 0.717) is 24.8 Å². The highest BCUT2D eigenvalue weighted by atomic mass is 16.1. The molecule has 0 saturated carbocycles. The number of piperidine rings is 1. The van der Waals surface area contributed by atoms with Gasteiger partial charge in [-0.25, -0.2) is 0 Å². The Balaban J connectivity index is 1.82. The molecule has 2 rings (SSSR count). The molecule has 1 aromatic carbocycles. The van der Waals surface area contributed by atoms with E-state index in [1.165, 1.54) is 24.0 Å². The summed E-state index contributed by atoms with van der Waals surface area (Å²) in [7, 11) is 4.13. The zero-order chi connectivity index (χ0) is 16.7. The lowest BCUT2D eigenvalue weighted by atomic mass is 9.84. The summed E-state index contributed by atoms with van der Waals surface area (Å²) in [6.07, 6.45) is 3.03. The predicted molar refractivity (Wildman–Crippen MR) is 95.1 cm³/mol. The van der Waals surface area contributed by atoms with Crippen molar-refractivity contribution in [2.45, 2.75) is 39.3 Å². The minimum absolute atomic E-state index is 0.177. The molecule has 23 heavy (non-hydrogen) atoms. The summed E-state index contributed by atoms with van der Waals surface area (Å²) in [5, 5.41) is 6.50. The average molecular weight is 317 g/mol. The van der Waals surface area contributed by atoms with E-state index in [1.54, 1.807) is 0 Å². The molecule has 0 radical (unpaired) electrons. The largest absolute Gasteiger partial charge is 0.352 e. The molecule has 1 fully saturated rings. The molecule has 1 aliphatic rings. The SMILES string of the molecule is CC(CC(=O)NCc1ccccc1CN(C)C)C1CCNCC1. The van der Waals surface area contributed by atoms with Gasteiger partial charge in [-0.15, -0.1) is 0 Å². The van der Waals surface area contributed by atoms with Crippen molar-refractivity contribution in [1.29, 1.82) is 0 Å². The van der Waals surface area contributed by atoms with Gasteiger partial charge in [0.05, 0.1) is 0 Å². The zero-order valence-electron chi connectivity index (χ0n) is 14.8. The smallest absolute Gasteiger partial charge is 0.220 e. The van der Waals surface area contributed by atoms with Crippen LogP contribution >= 0.6 is 0 Å². The maximum absolute atomic E-state index is 12.3. The molecule has 0 bridgehead atoms. The highest BCUT2D eigenvalue weighted by Gasteiger charge is 2.21. The quantitative estimate of drug-likeness (QED) is 0.811. The van der Waals surface area contributed by atoms with Crippen molar-refractivity contribution < 1.29 is 4.79 Å². The van der Waals surface area contributed by atoms with Crippen LogP contribution in [0.25, 0.3) is 0 Å². The topological polar surface area (TPSA) is 44.4 Å². The summed E-state index contributed by atoms with van der Waals surface area (Å²) in [6, 6.07) is 8.34. The molecule has 128 valence electrons. The summed E-state index contributed by atoms with van der Waals surface area (Å²) >= 11 is 0. The van der Waals surface area contributed by atoms with Crippen molar-refractivity contribution in [3.63, 3.8) is 0 Å². The third kappa shape index (κ3) is 5.96. The number of carbonyl (C=O) groups is 1. The average Bonchev–Trinajstić information content (AvgIpc) is 2.54. The predicted octanol–water partition coefficient (Wildman–Crippen LogP) is 2.39. The Morgan fingerprint density at radius 1 is 1.26 bits per heavy atom. The molecule has 4 heteroatoms. The molecule has 1 heterocycles. The van der Waals surface area contributed by atoms with Crippen molar-refractivity contribution in [3.05, 3.63) is 35.4 Å². The van der Waals surface area contributed by atoms with E-state index in [1.807, 2.05) is 6.07 Å². The van der Waals surface area contributed by atoms with Gasteiger partial charge in [-0.1, -0.05) is 31.2 Å². The van der Waals surface area contributed by atoms with Gasteiger partial charge >= 0.3 is 0 Å². The Kier molecular flexibility index (Phi) is 7.06. The van der Waals surface area contributed by atoms with Gasteiger partial charge in [0, 0.05) is 19.5 Å². The van der Waals surface area contributed by atoms with Crippen LogP contribution in [-0.2, 0) is 17.9 Å². The molecule has 1 saturated heterocycles. The standard InChI is InChI=1S/C19H31N3O/c1-15(16-8-10-20-11-9-16)12-19(23)21-13-17-6-4-5-7-18(17)14-22(2)3/h4-7,15-16,20H,8-14H2,1-3H3,(H,21,23). The first-order valence-corrected chi connectivity index (χ1v) is 8.75. The fourth-order valence-corrected chi connectivity index (χ4v) is 3.36. The van der Waals surface area contributed by atoms with Gasteiger partial charge in [0.15, 0.2) is 0 Å². The minimum atomic E-state index is 0.177. The molecular weight excluding hydrogens is 286 g/mol. The molecule has 0 aromatic heterocycles. The highest BCUT2D eigenvalue weighted by Crippen LogP contribution is 2.24. The highest BCUT2D eigenvalue weighted by molar-refractivity contribution is 5.76. The molecular formula is C19H31N3O. The second kappa shape index (κ2) is 9.04. The number of carbonyl (C=O) groups excluding carboxylic acids is 1. The van der Waals surface area contributed by atoms with Gasteiger partial charge in [-0.2, -0.15) is 0 Å². The first kappa shape index (κ1) is 18.0. The molecule has 1 atom stereocenters. The zero-order valence-corrected chi connectivity index (χ0v) is 14.8. The lowest BCUT2D eigenvalue weighted by molar-refractivity contribution is -0.122. The number of nitrogens with one attached hydrogen (secondary N) is 2. The molecule has 0 spiro atoms. The molecule has 2 N–H and O–H groups in total.